The number of halogens is 8. The lowest BCUT2D eigenvalue weighted by Crippen LogP contribution is -2.74. The minimum atomic E-state index is -4.42. The molecule has 1 fully saturated rings. The Morgan fingerprint density at radius 3 is 1.96 bits per heavy atom. The first-order chi connectivity index (χ1) is 10.4. The quantitative estimate of drug-likeness (QED) is 0.501. The Kier molecular flexibility index (Phi) is 3.22. The number of hydrogen-bond donors (Lipinski definition) is 0. The van der Waals surface area contributed by atoms with E-state index in [4.69, 9.17) is 23.2 Å². The molecule has 0 aliphatic heterocycles. The normalized spacial score (nSPS) is 43.2. The minimum absolute atomic E-state index is 0.0897. The van der Waals surface area contributed by atoms with Crippen molar-refractivity contribution in [2.75, 3.05) is 0 Å². The first kappa shape index (κ1) is 16.6. The van der Waals surface area contributed by atoms with Gasteiger partial charge in [0.15, 0.2) is 17.3 Å². The van der Waals surface area contributed by atoms with Crippen molar-refractivity contribution in [1.29, 1.82) is 0 Å². The van der Waals surface area contributed by atoms with Gasteiger partial charge >= 0.3 is 0 Å². The molecule has 1 aromatic rings. The zero-order valence-corrected chi connectivity index (χ0v) is 12.5. The molecule has 0 aromatic heterocycles. The maximum absolute atomic E-state index is 15.2. The van der Waals surface area contributed by atoms with E-state index in [-0.39, 0.29) is 5.02 Å². The topological polar surface area (TPSA) is 17.1 Å². The second-order valence-electron chi connectivity index (χ2n) is 5.48. The fraction of sp³-hybridized carbons (Fsp3) is 0.357. The molecule has 23 heavy (non-hydrogen) atoms. The van der Waals surface area contributed by atoms with Crippen molar-refractivity contribution < 1.29 is 31.1 Å². The van der Waals surface area contributed by atoms with Crippen molar-refractivity contribution in [3.8, 4) is 0 Å². The highest BCUT2D eigenvalue weighted by molar-refractivity contribution is 6.37. The summed E-state index contributed by atoms with van der Waals surface area (Å²) in [6.07, 6.45) is -1.84. The van der Waals surface area contributed by atoms with Crippen LogP contribution in [0.3, 0.4) is 0 Å². The average Bonchev–Trinajstić information content (AvgIpc) is 2.49. The van der Waals surface area contributed by atoms with E-state index in [1.54, 1.807) is 0 Å². The lowest BCUT2D eigenvalue weighted by atomic mass is 9.58. The molecule has 4 rings (SSSR count). The Bertz CT molecular complexity index is 748. The van der Waals surface area contributed by atoms with Gasteiger partial charge in [0.1, 0.15) is 0 Å². The van der Waals surface area contributed by atoms with Gasteiger partial charge in [0.25, 0.3) is 10.8 Å². The van der Waals surface area contributed by atoms with Crippen molar-refractivity contribution in [3.63, 3.8) is 0 Å². The van der Waals surface area contributed by atoms with Crippen LogP contribution in [0, 0.1) is 0 Å². The van der Waals surface area contributed by atoms with Crippen LogP contribution < -0.4 is 0 Å². The van der Waals surface area contributed by atoms with E-state index in [0.29, 0.717) is 0 Å². The van der Waals surface area contributed by atoms with Gasteiger partial charge in [-0.15, -0.1) is 0 Å². The summed E-state index contributed by atoms with van der Waals surface area (Å²) < 4.78 is 86.6. The van der Waals surface area contributed by atoms with E-state index in [1.165, 1.54) is 0 Å². The largest absolute Gasteiger partial charge is 0.290 e. The zero-order chi connectivity index (χ0) is 17.4. The summed E-state index contributed by atoms with van der Waals surface area (Å²) in [6.45, 7) is 0. The Hall–Kier alpha value is -1.21. The van der Waals surface area contributed by atoms with Crippen molar-refractivity contribution in [1.82, 2.24) is 0 Å². The summed E-state index contributed by atoms with van der Waals surface area (Å²) in [5.41, 5.74) is -13.0. The van der Waals surface area contributed by atoms with E-state index in [2.05, 4.69) is 0 Å². The minimum Gasteiger partial charge on any atom is -0.290 e. The van der Waals surface area contributed by atoms with Crippen LogP contribution in [0.2, 0.25) is 5.02 Å². The molecule has 4 atom stereocenters. The maximum Gasteiger partial charge on any atom is 0.285 e. The maximum atomic E-state index is 15.2. The van der Waals surface area contributed by atoms with Crippen LogP contribution in [-0.4, -0.2) is 22.2 Å². The summed E-state index contributed by atoms with van der Waals surface area (Å²) in [5.74, 6) is -7.77. The van der Waals surface area contributed by atoms with Crippen molar-refractivity contribution in [3.05, 3.63) is 46.5 Å². The Balaban J connectivity index is 2.33. The molecule has 1 nitrogen and oxygen atoms in total. The second kappa shape index (κ2) is 4.45. The Labute approximate surface area is 135 Å². The number of alkyl halides is 5. The summed E-state index contributed by atoms with van der Waals surface area (Å²) in [4.78, 5) is 11.8. The van der Waals surface area contributed by atoms with Crippen LogP contribution in [0.5, 0.6) is 0 Å². The molecule has 0 spiro atoms. The monoisotopic (exact) mass is 374 g/mol. The number of rotatable bonds is 1. The molecule has 3 aliphatic carbocycles. The van der Waals surface area contributed by atoms with E-state index in [9.17, 15) is 26.7 Å². The molecule has 0 saturated heterocycles. The predicted octanol–water partition coefficient (Wildman–Crippen LogP) is 4.96. The molecule has 0 unspecified atom stereocenters. The first-order valence-corrected chi connectivity index (χ1v) is 7.00. The predicted molar refractivity (Wildman–Crippen MR) is 70.5 cm³/mol. The number of carbonyl (C=O) groups is 1. The van der Waals surface area contributed by atoms with Crippen LogP contribution in [0.4, 0.5) is 26.3 Å². The number of hydrogen-bond acceptors (Lipinski definition) is 1. The fourth-order valence-electron chi connectivity index (χ4n) is 2.97. The van der Waals surface area contributed by atoms with Crippen LogP contribution in [0.15, 0.2) is 35.9 Å². The highest BCUT2D eigenvalue weighted by Gasteiger charge is 2.85. The summed E-state index contributed by atoms with van der Waals surface area (Å²) in [5, 5.41) is -4.17. The lowest BCUT2D eigenvalue weighted by molar-refractivity contribution is -0.189. The molecular weight excluding hydrogens is 369 g/mol. The third kappa shape index (κ3) is 1.65. The number of Topliss-reactive ketones (excluding diaryl/α,β-unsaturated/α-hetero) is 1. The molecule has 1 saturated carbocycles. The van der Waals surface area contributed by atoms with Gasteiger partial charge in [-0.25, -0.2) is 26.3 Å². The molecule has 0 heterocycles. The summed E-state index contributed by atoms with van der Waals surface area (Å²) in [7, 11) is 0. The molecule has 124 valence electrons. The van der Waals surface area contributed by atoms with Crippen LogP contribution >= 0.6 is 23.2 Å². The molecule has 0 N–H and O–H groups in total. The van der Waals surface area contributed by atoms with Crippen LogP contribution in [0.25, 0.3) is 0 Å². The Morgan fingerprint density at radius 2 is 1.43 bits per heavy atom. The van der Waals surface area contributed by atoms with Gasteiger partial charge in [-0.3, -0.25) is 4.79 Å². The van der Waals surface area contributed by atoms with Crippen LogP contribution in [0.1, 0.15) is 12.0 Å². The SMILES string of the molecule is O=C1[C@@]2(F)C(F)=C(F)[C@](F)(C[C@@]2(F)c2ccc(Cl)cc2)[C@@]1(F)Cl. The number of benzene rings is 1. The van der Waals surface area contributed by atoms with E-state index in [0.717, 1.165) is 24.3 Å². The van der Waals surface area contributed by atoms with E-state index < -0.39 is 51.6 Å². The number of carbonyl (C=O) groups excluding carboxylic acids is 1. The lowest BCUT2D eigenvalue weighted by Gasteiger charge is -2.53. The molecule has 0 amide bonds. The summed E-state index contributed by atoms with van der Waals surface area (Å²) in [6, 6.07) is 3.86. The standard InChI is InChI=1S/C14H6Cl2F6O/c15-7-3-1-6(2-4-7)11(19)5-12(20)8(17)9(18)13(11,21)10(23)14(12,16)22/h1-4H,5H2/t11-,12-,13+,14-/m1/s1. The molecule has 0 radical (unpaired) electrons. The highest BCUT2D eigenvalue weighted by Crippen LogP contribution is 2.67. The van der Waals surface area contributed by atoms with Gasteiger partial charge < -0.3 is 0 Å². The molecule has 2 bridgehead atoms. The first-order valence-electron chi connectivity index (χ1n) is 6.24. The van der Waals surface area contributed by atoms with Gasteiger partial charge in [0.05, 0.1) is 0 Å². The number of fused-ring (bicyclic) bond motifs is 2. The summed E-state index contributed by atoms with van der Waals surface area (Å²) >= 11 is 10.6. The molecule has 3 aliphatic rings. The average molecular weight is 375 g/mol. The smallest absolute Gasteiger partial charge is 0.285 e. The molecule has 1 aromatic carbocycles. The van der Waals surface area contributed by atoms with Crippen molar-refractivity contribution in [2.45, 2.75) is 28.6 Å². The van der Waals surface area contributed by atoms with E-state index >= 15 is 4.39 Å². The van der Waals surface area contributed by atoms with Gasteiger partial charge in [-0.2, -0.15) is 0 Å². The van der Waals surface area contributed by atoms with Gasteiger partial charge in [-0.05, 0) is 17.7 Å². The third-order valence-corrected chi connectivity index (χ3v) is 5.00. The van der Waals surface area contributed by atoms with Gasteiger partial charge in [-0.1, -0.05) is 35.3 Å². The fourth-order valence-corrected chi connectivity index (χ4v) is 3.38. The Morgan fingerprint density at radius 1 is 0.913 bits per heavy atom. The van der Waals surface area contributed by atoms with Crippen molar-refractivity contribution >= 4 is 29.0 Å². The third-order valence-electron chi connectivity index (χ3n) is 4.27. The molecular formula is C14H6Cl2F6O. The van der Waals surface area contributed by atoms with Crippen LogP contribution in [-0.2, 0) is 10.5 Å². The highest BCUT2D eigenvalue weighted by atomic mass is 35.5. The number of ketones is 1. The van der Waals surface area contributed by atoms with Gasteiger partial charge in [0.2, 0.25) is 11.5 Å². The van der Waals surface area contributed by atoms with E-state index in [1.807, 2.05) is 0 Å². The second-order valence-corrected chi connectivity index (χ2v) is 6.43. The molecule has 9 heteroatoms. The van der Waals surface area contributed by atoms with Gasteiger partial charge in [0, 0.05) is 11.4 Å². The number of allylic oxidation sites excluding steroid dienone is 2. The van der Waals surface area contributed by atoms with Crippen molar-refractivity contribution in [2.24, 2.45) is 0 Å². The zero-order valence-electron chi connectivity index (χ0n) is 10.9.